The van der Waals surface area contributed by atoms with Crippen molar-refractivity contribution in [1.29, 1.82) is 0 Å². The van der Waals surface area contributed by atoms with Crippen LogP contribution in [0.25, 0.3) is 0 Å². The van der Waals surface area contributed by atoms with Crippen molar-refractivity contribution in [3.8, 4) is 0 Å². The second-order valence-electron chi connectivity index (χ2n) is 4.11. The molecule has 1 rings (SSSR count). The van der Waals surface area contributed by atoms with Gasteiger partial charge in [-0.3, -0.25) is 4.79 Å². The van der Waals surface area contributed by atoms with Gasteiger partial charge in [-0.1, -0.05) is 25.4 Å². The van der Waals surface area contributed by atoms with Crippen LogP contribution in [0.15, 0.2) is 12.3 Å². The third kappa shape index (κ3) is 3.57. The van der Waals surface area contributed by atoms with Gasteiger partial charge in [0.05, 0.1) is 30.1 Å². The number of nitrogens with zero attached hydrogens (tertiary/aromatic N) is 1. The maximum absolute atomic E-state index is 11.9. The summed E-state index contributed by atoms with van der Waals surface area (Å²) in [6.45, 7) is 3.68. The molecule has 0 saturated carbocycles. The summed E-state index contributed by atoms with van der Waals surface area (Å²) in [6.07, 6.45) is 1.38. The summed E-state index contributed by atoms with van der Waals surface area (Å²) >= 11 is 5.81. The fourth-order valence-corrected chi connectivity index (χ4v) is 1.48. The van der Waals surface area contributed by atoms with Gasteiger partial charge in [-0.15, -0.1) is 0 Å². The minimum Gasteiger partial charge on any atom is -0.397 e. The van der Waals surface area contributed by atoms with Crippen LogP contribution in [0.2, 0.25) is 5.15 Å². The van der Waals surface area contributed by atoms with Crippen LogP contribution in [-0.2, 0) is 0 Å². The molecule has 0 spiro atoms. The van der Waals surface area contributed by atoms with Crippen molar-refractivity contribution in [1.82, 2.24) is 10.3 Å². The van der Waals surface area contributed by atoms with Gasteiger partial charge >= 0.3 is 0 Å². The second-order valence-corrected chi connectivity index (χ2v) is 4.47. The summed E-state index contributed by atoms with van der Waals surface area (Å²) in [7, 11) is 0. The van der Waals surface area contributed by atoms with Gasteiger partial charge in [-0.25, -0.2) is 4.98 Å². The predicted octanol–water partition coefficient (Wildman–Crippen LogP) is 1.06. The standard InChI is InChI=1S/C11H16ClN3O2/c1-6(2)9(5-16)15-11(17)8-3-7(13)4-14-10(8)12/h3-4,6,9,16H,5,13H2,1-2H3,(H,15,17)/t9-/m1/s1. The molecule has 0 saturated heterocycles. The van der Waals surface area contributed by atoms with E-state index in [1.165, 1.54) is 12.3 Å². The van der Waals surface area contributed by atoms with Crippen molar-refractivity contribution < 1.29 is 9.90 Å². The first kappa shape index (κ1) is 13.7. The Bertz CT molecular complexity index is 410. The van der Waals surface area contributed by atoms with Gasteiger partial charge in [0, 0.05) is 0 Å². The molecular formula is C11H16ClN3O2. The molecule has 5 nitrogen and oxygen atoms in total. The average molecular weight is 258 g/mol. The summed E-state index contributed by atoms with van der Waals surface area (Å²) in [5.41, 5.74) is 6.12. The SMILES string of the molecule is CC(C)[C@@H](CO)NC(=O)c1cc(N)cnc1Cl. The molecule has 0 radical (unpaired) electrons. The number of hydrogen-bond donors (Lipinski definition) is 3. The molecule has 1 aromatic heterocycles. The lowest BCUT2D eigenvalue weighted by molar-refractivity contribution is 0.0896. The molecule has 0 aliphatic carbocycles. The molecule has 0 fully saturated rings. The quantitative estimate of drug-likeness (QED) is 0.704. The molecule has 0 aromatic carbocycles. The van der Waals surface area contributed by atoms with E-state index >= 15 is 0 Å². The van der Waals surface area contributed by atoms with Crippen LogP contribution in [0, 0.1) is 5.92 Å². The predicted molar refractivity (Wildman–Crippen MR) is 66.8 cm³/mol. The number of anilines is 1. The fraction of sp³-hybridized carbons (Fsp3) is 0.455. The molecular weight excluding hydrogens is 242 g/mol. The molecule has 0 aliphatic rings. The van der Waals surface area contributed by atoms with E-state index in [0.29, 0.717) is 5.69 Å². The number of carbonyl (C=O) groups is 1. The third-order valence-corrected chi connectivity index (χ3v) is 2.72. The molecule has 1 heterocycles. The summed E-state index contributed by atoms with van der Waals surface area (Å²) in [5.74, 6) is -0.265. The van der Waals surface area contributed by atoms with E-state index in [0.717, 1.165) is 0 Å². The summed E-state index contributed by atoms with van der Waals surface area (Å²) < 4.78 is 0. The molecule has 0 aliphatic heterocycles. The largest absolute Gasteiger partial charge is 0.397 e. The van der Waals surface area contributed by atoms with Gasteiger partial charge in [0.1, 0.15) is 5.15 Å². The lowest BCUT2D eigenvalue weighted by Crippen LogP contribution is -2.41. The first-order chi connectivity index (χ1) is 7.95. The number of nitrogens with one attached hydrogen (secondary N) is 1. The van der Waals surface area contributed by atoms with Crippen molar-refractivity contribution in [2.45, 2.75) is 19.9 Å². The molecule has 94 valence electrons. The van der Waals surface area contributed by atoms with Gasteiger partial charge < -0.3 is 16.2 Å². The normalized spacial score (nSPS) is 12.5. The third-order valence-electron chi connectivity index (χ3n) is 2.42. The minimum atomic E-state index is -0.387. The van der Waals surface area contributed by atoms with Crippen LogP contribution in [0.1, 0.15) is 24.2 Å². The highest BCUT2D eigenvalue weighted by Gasteiger charge is 2.18. The zero-order valence-corrected chi connectivity index (χ0v) is 10.5. The average Bonchev–Trinajstić information content (AvgIpc) is 2.28. The maximum Gasteiger partial charge on any atom is 0.254 e. The zero-order valence-electron chi connectivity index (χ0n) is 9.77. The number of carbonyl (C=O) groups excluding carboxylic acids is 1. The maximum atomic E-state index is 11.9. The Morgan fingerprint density at radius 1 is 1.65 bits per heavy atom. The molecule has 1 atom stereocenters. The van der Waals surface area contributed by atoms with Crippen LogP contribution in [0.5, 0.6) is 0 Å². The van der Waals surface area contributed by atoms with E-state index in [-0.39, 0.29) is 35.2 Å². The van der Waals surface area contributed by atoms with E-state index in [2.05, 4.69) is 10.3 Å². The highest BCUT2D eigenvalue weighted by atomic mass is 35.5. The topological polar surface area (TPSA) is 88.2 Å². The summed E-state index contributed by atoms with van der Waals surface area (Å²) in [6, 6.07) is 1.14. The lowest BCUT2D eigenvalue weighted by atomic mass is 10.1. The lowest BCUT2D eigenvalue weighted by Gasteiger charge is -2.20. The number of nitrogen functional groups attached to an aromatic ring is 1. The molecule has 17 heavy (non-hydrogen) atoms. The van der Waals surface area contributed by atoms with Crippen LogP contribution in [0.4, 0.5) is 5.69 Å². The summed E-state index contributed by atoms with van der Waals surface area (Å²) in [4.78, 5) is 15.7. The number of pyridine rings is 1. The zero-order chi connectivity index (χ0) is 13.0. The Morgan fingerprint density at radius 3 is 2.82 bits per heavy atom. The van der Waals surface area contributed by atoms with Gasteiger partial charge in [0.2, 0.25) is 0 Å². The number of rotatable bonds is 4. The number of hydrogen-bond acceptors (Lipinski definition) is 4. The van der Waals surface area contributed by atoms with Gasteiger partial charge in [-0.05, 0) is 12.0 Å². The number of amides is 1. The fourth-order valence-electron chi connectivity index (χ4n) is 1.29. The number of halogens is 1. The van der Waals surface area contributed by atoms with Gasteiger partial charge in [-0.2, -0.15) is 0 Å². The molecule has 4 N–H and O–H groups in total. The Hall–Kier alpha value is -1.33. The first-order valence-corrected chi connectivity index (χ1v) is 5.66. The van der Waals surface area contributed by atoms with Crippen LogP contribution < -0.4 is 11.1 Å². The second kappa shape index (κ2) is 5.84. The highest BCUT2D eigenvalue weighted by Crippen LogP contribution is 2.16. The minimum absolute atomic E-state index is 0.0946. The molecule has 0 unspecified atom stereocenters. The van der Waals surface area contributed by atoms with Gasteiger partial charge in [0.25, 0.3) is 5.91 Å². The van der Waals surface area contributed by atoms with Crippen molar-refractivity contribution >= 4 is 23.2 Å². The van der Waals surface area contributed by atoms with Crippen LogP contribution >= 0.6 is 11.6 Å². The Morgan fingerprint density at radius 2 is 2.29 bits per heavy atom. The first-order valence-electron chi connectivity index (χ1n) is 5.28. The van der Waals surface area contributed by atoms with Crippen molar-refractivity contribution in [2.75, 3.05) is 12.3 Å². The number of aliphatic hydroxyl groups excluding tert-OH is 1. The summed E-state index contributed by atoms with van der Waals surface area (Å²) in [5, 5.41) is 11.9. The van der Waals surface area contributed by atoms with E-state index in [4.69, 9.17) is 22.4 Å². The smallest absolute Gasteiger partial charge is 0.254 e. The number of aliphatic hydroxyl groups is 1. The molecule has 1 aromatic rings. The van der Waals surface area contributed by atoms with Crippen molar-refractivity contribution in [3.05, 3.63) is 23.0 Å². The van der Waals surface area contributed by atoms with Crippen LogP contribution in [-0.4, -0.2) is 28.6 Å². The Kier molecular flexibility index (Phi) is 4.72. The van der Waals surface area contributed by atoms with E-state index in [9.17, 15) is 4.79 Å². The van der Waals surface area contributed by atoms with Crippen LogP contribution in [0.3, 0.4) is 0 Å². The molecule has 6 heteroatoms. The van der Waals surface area contributed by atoms with E-state index in [1.807, 2.05) is 13.8 Å². The monoisotopic (exact) mass is 257 g/mol. The van der Waals surface area contributed by atoms with E-state index in [1.54, 1.807) is 0 Å². The Labute approximate surface area is 105 Å². The molecule has 1 amide bonds. The van der Waals surface area contributed by atoms with E-state index < -0.39 is 0 Å². The van der Waals surface area contributed by atoms with Crippen molar-refractivity contribution in [2.24, 2.45) is 5.92 Å². The Balaban J connectivity index is 2.86. The molecule has 0 bridgehead atoms. The number of nitrogens with two attached hydrogens (primary N) is 1. The number of aromatic nitrogens is 1. The van der Waals surface area contributed by atoms with Crippen molar-refractivity contribution in [3.63, 3.8) is 0 Å². The van der Waals surface area contributed by atoms with Gasteiger partial charge in [0.15, 0.2) is 0 Å². The highest BCUT2D eigenvalue weighted by molar-refractivity contribution is 6.32.